The molecule has 5 rings (SSSR count). The Hall–Kier alpha value is -2.92. The maximum atomic E-state index is 12.8. The van der Waals surface area contributed by atoms with E-state index in [1.165, 1.54) is 10.4 Å². The smallest absolute Gasteiger partial charge is 0.260 e. The van der Waals surface area contributed by atoms with Crippen molar-refractivity contribution < 1.29 is 4.74 Å². The first-order valence-corrected chi connectivity index (χ1v) is 11.3. The third-order valence-electron chi connectivity index (χ3n) is 5.88. The van der Waals surface area contributed by atoms with Gasteiger partial charge in [-0.2, -0.15) is 0 Å². The van der Waals surface area contributed by atoms with Crippen molar-refractivity contribution >= 4 is 21.6 Å². The summed E-state index contributed by atoms with van der Waals surface area (Å²) in [5.41, 5.74) is 3.20. The van der Waals surface area contributed by atoms with Crippen molar-refractivity contribution in [2.75, 3.05) is 0 Å². The zero-order chi connectivity index (χ0) is 20.7. The molecule has 2 heterocycles. The summed E-state index contributed by atoms with van der Waals surface area (Å²) in [6.07, 6.45) is 3.14. The molecule has 0 fully saturated rings. The molecule has 0 bridgehead atoms. The third kappa shape index (κ3) is 3.54. The Bertz CT molecular complexity index is 1240. The number of nitrogens with one attached hydrogen (secondary N) is 1. The average molecular weight is 417 g/mol. The summed E-state index contributed by atoms with van der Waals surface area (Å²) >= 11 is 1.68. The standard InChI is InChI=1S/C25H24N2O2S/c1-15-8-13-20-21(14-15)30-25-22(20)24(28)26-23(27-25)18-9-11-19(12-10-18)29-16(2)17-6-4-3-5-7-17/h3-7,9-12,15-16H,8,13-14H2,1-2H3,(H,26,27,28). The van der Waals surface area contributed by atoms with Gasteiger partial charge in [0.2, 0.25) is 0 Å². The van der Waals surface area contributed by atoms with Gasteiger partial charge in [0.25, 0.3) is 5.56 Å². The lowest BCUT2D eigenvalue weighted by molar-refractivity contribution is 0.227. The van der Waals surface area contributed by atoms with E-state index < -0.39 is 0 Å². The highest BCUT2D eigenvalue weighted by molar-refractivity contribution is 7.18. The van der Waals surface area contributed by atoms with Gasteiger partial charge in [-0.15, -0.1) is 11.3 Å². The van der Waals surface area contributed by atoms with E-state index in [2.05, 4.69) is 24.0 Å². The van der Waals surface area contributed by atoms with Crippen LogP contribution in [-0.4, -0.2) is 9.97 Å². The Morgan fingerprint density at radius 1 is 1.13 bits per heavy atom. The van der Waals surface area contributed by atoms with Gasteiger partial charge in [-0.25, -0.2) is 4.98 Å². The normalized spacial score (nSPS) is 16.9. The van der Waals surface area contributed by atoms with Crippen molar-refractivity contribution in [3.8, 4) is 17.1 Å². The molecule has 4 nitrogen and oxygen atoms in total. The molecule has 0 radical (unpaired) electrons. The largest absolute Gasteiger partial charge is 0.486 e. The minimum Gasteiger partial charge on any atom is -0.486 e. The van der Waals surface area contributed by atoms with Gasteiger partial charge in [0, 0.05) is 10.4 Å². The van der Waals surface area contributed by atoms with Crippen molar-refractivity contribution in [2.45, 2.75) is 39.2 Å². The molecule has 2 aromatic carbocycles. The summed E-state index contributed by atoms with van der Waals surface area (Å²) < 4.78 is 6.06. The molecule has 30 heavy (non-hydrogen) atoms. The quantitative estimate of drug-likeness (QED) is 0.449. The van der Waals surface area contributed by atoms with E-state index in [-0.39, 0.29) is 11.7 Å². The molecule has 0 spiro atoms. The highest BCUT2D eigenvalue weighted by atomic mass is 32.1. The van der Waals surface area contributed by atoms with E-state index in [0.29, 0.717) is 11.7 Å². The van der Waals surface area contributed by atoms with Crippen LogP contribution in [0, 0.1) is 5.92 Å². The third-order valence-corrected chi connectivity index (χ3v) is 7.02. The summed E-state index contributed by atoms with van der Waals surface area (Å²) in [6, 6.07) is 17.9. The number of hydrogen-bond donors (Lipinski definition) is 1. The maximum absolute atomic E-state index is 12.8. The summed E-state index contributed by atoms with van der Waals surface area (Å²) in [4.78, 5) is 22.8. The van der Waals surface area contributed by atoms with Gasteiger partial charge >= 0.3 is 0 Å². The molecule has 0 saturated carbocycles. The van der Waals surface area contributed by atoms with E-state index in [9.17, 15) is 4.79 Å². The first kappa shape index (κ1) is 19.1. The lowest BCUT2D eigenvalue weighted by atomic mass is 9.89. The zero-order valence-corrected chi connectivity index (χ0v) is 18.0. The van der Waals surface area contributed by atoms with Gasteiger partial charge in [0.05, 0.1) is 5.39 Å². The molecule has 152 valence electrons. The number of aromatic amines is 1. The van der Waals surface area contributed by atoms with Gasteiger partial charge in [-0.1, -0.05) is 37.3 Å². The summed E-state index contributed by atoms with van der Waals surface area (Å²) in [6.45, 7) is 4.31. The number of benzene rings is 2. The van der Waals surface area contributed by atoms with Crippen LogP contribution in [0.15, 0.2) is 59.4 Å². The highest BCUT2D eigenvalue weighted by Gasteiger charge is 2.23. The van der Waals surface area contributed by atoms with Gasteiger partial charge in [0.1, 0.15) is 22.5 Å². The van der Waals surface area contributed by atoms with Crippen molar-refractivity contribution in [3.63, 3.8) is 0 Å². The SMILES string of the molecule is CC1CCc2c(sc3nc(-c4ccc(OC(C)c5ccccc5)cc4)[nH]c(=O)c23)C1. The van der Waals surface area contributed by atoms with Gasteiger partial charge in [-0.05, 0) is 67.5 Å². The number of aromatic nitrogens is 2. The number of H-pyrrole nitrogens is 1. The summed E-state index contributed by atoms with van der Waals surface area (Å²) in [5.74, 6) is 2.08. The Labute approximate surface area is 179 Å². The van der Waals surface area contributed by atoms with Crippen LogP contribution in [-0.2, 0) is 12.8 Å². The number of nitrogens with zero attached hydrogens (tertiary/aromatic N) is 1. The molecule has 4 aromatic rings. The number of rotatable bonds is 4. The van der Waals surface area contributed by atoms with Crippen LogP contribution in [0.3, 0.4) is 0 Å². The van der Waals surface area contributed by atoms with Crippen LogP contribution in [0.2, 0.25) is 0 Å². The molecule has 2 atom stereocenters. The predicted molar refractivity (Wildman–Crippen MR) is 122 cm³/mol. The molecular formula is C25H24N2O2S. The van der Waals surface area contributed by atoms with E-state index in [1.807, 2.05) is 49.4 Å². The van der Waals surface area contributed by atoms with Crippen molar-refractivity contribution in [2.24, 2.45) is 5.92 Å². The fraction of sp³-hybridized carbons (Fsp3) is 0.280. The number of fused-ring (bicyclic) bond motifs is 3. The monoisotopic (exact) mass is 416 g/mol. The molecule has 1 N–H and O–H groups in total. The van der Waals surface area contributed by atoms with Crippen molar-refractivity contribution in [3.05, 3.63) is 81.0 Å². The van der Waals surface area contributed by atoms with E-state index >= 15 is 0 Å². The Morgan fingerprint density at radius 2 is 1.90 bits per heavy atom. The number of thiophene rings is 1. The molecule has 5 heteroatoms. The first-order chi connectivity index (χ1) is 14.6. The second-order valence-corrected chi connectivity index (χ2v) is 9.23. The molecule has 1 aliphatic carbocycles. The molecule has 0 saturated heterocycles. The first-order valence-electron chi connectivity index (χ1n) is 10.4. The van der Waals surface area contributed by atoms with E-state index in [1.54, 1.807) is 11.3 Å². The second-order valence-electron chi connectivity index (χ2n) is 8.14. The summed E-state index contributed by atoms with van der Waals surface area (Å²) in [7, 11) is 0. The fourth-order valence-corrected chi connectivity index (χ4v) is 5.56. The molecule has 2 unspecified atom stereocenters. The van der Waals surface area contributed by atoms with Crippen LogP contribution in [0.25, 0.3) is 21.6 Å². The Kier molecular flexibility index (Phi) is 4.91. The zero-order valence-electron chi connectivity index (χ0n) is 17.1. The minimum atomic E-state index is -0.0360. The van der Waals surface area contributed by atoms with Crippen LogP contribution in [0.5, 0.6) is 5.75 Å². The number of aryl methyl sites for hydroxylation is 1. The minimum absolute atomic E-state index is 0.0277. The average Bonchev–Trinajstić information content (AvgIpc) is 3.12. The molecule has 2 aromatic heterocycles. The predicted octanol–water partition coefficient (Wildman–Crippen LogP) is 5.92. The van der Waals surface area contributed by atoms with Crippen LogP contribution in [0.1, 0.15) is 42.4 Å². The molecule has 0 aliphatic heterocycles. The van der Waals surface area contributed by atoms with Gasteiger partial charge < -0.3 is 9.72 Å². The van der Waals surface area contributed by atoms with Crippen LogP contribution < -0.4 is 10.3 Å². The highest BCUT2D eigenvalue weighted by Crippen LogP contribution is 2.36. The van der Waals surface area contributed by atoms with E-state index in [0.717, 1.165) is 46.4 Å². The van der Waals surface area contributed by atoms with Crippen LogP contribution >= 0.6 is 11.3 Å². The van der Waals surface area contributed by atoms with E-state index in [4.69, 9.17) is 9.72 Å². The lowest BCUT2D eigenvalue weighted by Crippen LogP contribution is -2.13. The van der Waals surface area contributed by atoms with Crippen molar-refractivity contribution in [1.29, 1.82) is 0 Å². The Morgan fingerprint density at radius 3 is 2.67 bits per heavy atom. The molecular weight excluding hydrogens is 392 g/mol. The second kappa shape index (κ2) is 7.73. The Balaban J connectivity index is 1.42. The number of hydrogen-bond acceptors (Lipinski definition) is 4. The fourth-order valence-electron chi connectivity index (χ4n) is 4.17. The number of ether oxygens (including phenoxy) is 1. The van der Waals surface area contributed by atoms with Crippen molar-refractivity contribution in [1.82, 2.24) is 9.97 Å². The molecule has 0 amide bonds. The maximum Gasteiger partial charge on any atom is 0.260 e. The topological polar surface area (TPSA) is 55.0 Å². The lowest BCUT2D eigenvalue weighted by Gasteiger charge is -2.17. The van der Waals surface area contributed by atoms with Gasteiger partial charge in [-0.3, -0.25) is 4.79 Å². The van der Waals surface area contributed by atoms with Crippen LogP contribution in [0.4, 0.5) is 0 Å². The summed E-state index contributed by atoms with van der Waals surface area (Å²) in [5, 5.41) is 0.794. The molecule has 1 aliphatic rings. The van der Waals surface area contributed by atoms with Gasteiger partial charge in [0.15, 0.2) is 0 Å².